The first-order valence-electron chi connectivity index (χ1n) is 10.7. The lowest BCUT2D eigenvalue weighted by molar-refractivity contribution is -0.127. The van der Waals surface area contributed by atoms with Crippen LogP contribution in [-0.2, 0) is 16.0 Å². The summed E-state index contributed by atoms with van der Waals surface area (Å²) < 4.78 is 0. The van der Waals surface area contributed by atoms with Gasteiger partial charge in [0, 0.05) is 11.1 Å². The summed E-state index contributed by atoms with van der Waals surface area (Å²) in [6, 6.07) is 0.996. The second-order valence-electron chi connectivity index (χ2n) is 9.12. The van der Waals surface area contributed by atoms with E-state index in [1.54, 1.807) is 38.9 Å². The molecule has 1 aromatic carbocycles. The summed E-state index contributed by atoms with van der Waals surface area (Å²) in [5.41, 5.74) is 6.71. The van der Waals surface area contributed by atoms with Crippen LogP contribution in [0.2, 0.25) is 0 Å². The number of carbonyl (C=O) groups is 3. The molecule has 0 radical (unpaired) electrons. The van der Waals surface area contributed by atoms with Crippen molar-refractivity contribution in [2.24, 2.45) is 23.5 Å². The lowest BCUT2D eigenvalue weighted by Crippen LogP contribution is -2.53. The van der Waals surface area contributed by atoms with Crippen LogP contribution in [0, 0.1) is 36.5 Å². The average molecular weight is 450 g/mol. The van der Waals surface area contributed by atoms with Crippen molar-refractivity contribution in [2.75, 3.05) is 14.1 Å². The van der Waals surface area contributed by atoms with Gasteiger partial charge in [-0.2, -0.15) is 0 Å². The number of carbonyl (C=O) groups excluding carboxylic acids is 3. The Morgan fingerprint density at radius 3 is 2.42 bits per heavy atom. The summed E-state index contributed by atoms with van der Waals surface area (Å²) in [5, 5.41) is 32.7. The zero-order valence-corrected chi connectivity index (χ0v) is 18.9. The maximum absolute atomic E-state index is 13.6. The van der Waals surface area contributed by atoms with E-state index in [1.807, 2.05) is 0 Å². The van der Waals surface area contributed by atoms with E-state index in [9.17, 15) is 29.7 Å². The fourth-order valence-electron chi connectivity index (χ4n) is 5.72. The molecule has 8 nitrogen and oxygen atoms in total. The number of nitrogens with zero attached hydrogens (tertiary/aromatic N) is 1. The predicted octanol–water partition coefficient (Wildman–Crippen LogP) is 1.69. The van der Waals surface area contributed by atoms with Crippen LogP contribution >= 0.6 is 0 Å². The van der Waals surface area contributed by atoms with Crippen molar-refractivity contribution in [3.8, 4) is 17.6 Å². The number of likely N-dealkylation sites (N-methyl/N-ethyl adjacent to an activating group) is 1. The quantitative estimate of drug-likeness (QED) is 0.397. The number of phenols is 1. The molecule has 0 spiro atoms. The standard InChI is InChI=1S/C25H26N2O6/c1-5-6-11-7-10(2)20(28)16-13(11)8-12-9-14-17(22(30)15(12)21(16)29)23(31)18(25(26)33)24(32)19(14)27(3)4/h7,12,14,17,19,28,30,32H,8-9H2,1-4H3,(H2,26,33)/t12?,14?,17?,19-/m0/s1. The Bertz CT molecular complexity index is 1240. The molecule has 3 aliphatic rings. The van der Waals surface area contributed by atoms with Gasteiger partial charge in [-0.15, -0.1) is 5.92 Å². The fraction of sp³-hybridized carbons (Fsp3) is 0.400. The van der Waals surface area contributed by atoms with Crippen molar-refractivity contribution in [1.29, 1.82) is 0 Å². The number of primary amides is 1. The smallest absolute Gasteiger partial charge is 0.255 e. The van der Waals surface area contributed by atoms with Crippen molar-refractivity contribution < 1.29 is 29.7 Å². The molecule has 0 saturated heterocycles. The van der Waals surface area contributed by atoms with Gasteiger partial charge >= 0.3 is 0 Å². The van der Waals surface area contributed by atoms with Crippen LogP contribution in [0.3, 0.4) is 0 Å². The van der Waals surface area contributed by atoms with Gasteiger partial charge in [0.25, 0.3) is 5.91 Å². The van der Waals surface area contributed by atoms with Crippen molar-refractivity contribution in [2.45, 2.75) is 32.7 Å². The van der Waals surface area contributed by atoms with Gasteiger partial charge in [0.05, 0.1) is 17.5 Å². The monoisotopic (exact) mass is 450 g/mol. The molecule has 4 atom stereocenters. The maximum Gasteiger partial charge on any atom is 0.255 e. The van der Waals surface area contributed by atoms with Gasteiger partial charge < -0.3 is 21.1 Å². The molecule has 0 bridgehead atoms. The lowest BCUT2D eigenvalue weighted by atomic mass is 9.60. The van der Waals surface area contributed by atoms with E-state index in [2.05, 4.69) is 11.8 Å². The SMILES string of the molecule is CC#Cc1cc(C)c(O)c2c1CC1CC3C(C(=O)C(C(N)=O)=C(O)[C@H]3N(C)C)C(O)=C1C2=O. The maximum atomic E-state index is 13.6. The van der Waals surface area contributed by atoms with Crippen molar-refractivity contribution in [1.82, 2.24) is 4.90 Å². The van der Waals surface area contributed by atoms with E-state index < -0.39 is 58.4 Å². The normalized spacial score (nSPS) is 26.5. The van der Waals surface area contributed by atoms with E-state index in [-0.39, 0.29) is 16.9 Å². The Labute approximate surface area is 191 Å². The summed E-state index contributed by atoms with van der Waals surface area (Å²) >= 11 is 0. The first kappa shape index (κ1) is 22.6. The molecule has 0 aliphatic heterocycles. The van der Waals surface area contributed by atoms with Gasteiger partial charge in [-0.25, -0.2) is 0 Å². The zero-order valence-electron chi connectivity index (χ0n) is 18.9. The van der Waals surface area contributed by atoms with Crippen LogP contribution in [0.25, 0.3) is 0 Å². The largest absolute Gasteiger partial charge is 0.511 e. The molecule has 8 heteroatoms. The van der Waals surface area contributed by atoms with Crippen LogP contribution in [0.5, 0.6) is 5.75 Å². The van der Waals surface area contributed by atoms with Crippen molar-refractivity contribution in [3.05, 3.63) is 51.0 Å². The second kappa shape index (κ2) is 7.78. The number of aliphatic hydroxyl groups excluding tert-OH is 2. The number of aliphatic hydroxyl groups is 2. The highest BCUT2D eigenvalue weighted by Gasteiger charge is 2.54. The molecule has 3 aliphatic carbocycles. The second-order valence-corrected chi connectivity index (χ2v) is 9.12. The van der Waals surface area contributed by atoms with Crippen LogP contribution < -0.4 is 5.73 Å². The molecule has 0 fully saturated rings. The van der Waals surface area contributed by atoms with Gasteiger partial charge in [0.2, 0.25) is 0 Å². The third kappa shape index (κ3) is 3.15. The first-order chi connectivity index (χ1) is 15.5. The number of benzene rings is 1. The van der Waals surface area contributed by atoms with Crippen LogP contribution in [-0.4, -0.2) is 57.8 Å². The number of ketones is 2. The van der Waals surface area contributed by atoms with Gasteiger partial charge in [-0.1, -0.05) is 5.92 Å². The predicted molar refractivity (Wildman–Crippen MR) is 120 cm³/mol. The van der Waals surface area contributed by atoms with Gasteiger partial charge in [0.1, 0.15) is 22.8 Å². The molecule has 172 valence electrons. The fourth-order valence-corrected chi connectivity index (χ4v) is 5.72. The minimum absolute atomic E-state index is 0.0659. The number of phenolic OH excluding ortho intramolecular Hbond substituents is 1. The summed E-state index contributed by atoms with van der Waals surface area (Å²) in [5.74, 6) is 0.196. The number of fused-ring (bicyclic) bond motifs is 3. The van der Waals surface area contributed by atoms with E-state index in [0.717, 1.165) is 0 Å². The molecule has 1 amide bonds. The lowest BCUT2D eigenvalue weighted by Gasteiger charge is -2.46. The molecule has 0 heterocycles. The number of amides is 1. The summed E-state index contributed by atoms with van der Waals surface area (Å²) in [7, 11) is 3.39. The van der Waals surface area contributed by atoms with Crippen LogP contribution in [0.1, 0.15) is 40.4 Å². The minimum atomic E-state index is -1.19. The first-order valence-corrected chi connectivity index (χ1v) is 10.7. The molecule has 3 unspecified atom stereocenters. The van der Waals surface area contributed by atoms with E-state index >= 15 is 0 Å². The molecular formula is C25H26N2O6. The van der Waals surface area contributed by atoms with Crippen LogP contribution in [0.4, 0.5) is 0 Å². The van der Waals surface area contributed by atoms with Crippen LogP contribution in [0.15, 0.2) is 28.7 Å². The highest BCUT2D eigenvalue weighted by atomic mass is 16.3. The van der Waals surface area contributed by atoms with Crippen molar-refractivity contribution in [3.63, 3.8) is 0 Å². The summed E-state index contributed by atoms with van der Waals surface area (Å²) in [4.78, 5) is 40.4. The summed E-state index contributed by atoms with van der Waals surface area (Å²) in [6.07, 6.45) is 0.649. The van der Waals surface area contributed by atoms with Crippen molar-refractivity contribution >= 4 is 17.5 Å². The number of hydrogen-bond acceptors (Lipinski definition) is 7. The van der Waals surface area contributed by atoms with E-state index in [1.165, 1.54) is 0 Å². The summed E-state index contributed by atoms with van der Waals surface area (Å²) in [6.45, 7) is 3.35. The number of hydrogen-bond donors (Lipinski definition) is 4. The molecule has 1 aromatic rings. The molecule has 0 aromatic heterocycles. The Morgan fingerprint density at radius 1 is 1.18 bits per heavy atom. The Hall–Kier alpha value is -3.57. The molecular weight excluding hydrogens is 424 g/mol. The van der Waals surface area contributed by atoms with Gasteiger partial charge in [0.15, 0.2) is 11.6 Å². The molecule has 33 heavy (non-hydrogen) atoms. The van der Waals surface area contributed by atoms with Gasteiger partial charge in [-0.05, 0) is 69.8 Å². The minimum Gasteiger partial charge on any atom is -0.511 e. The average Bonchev–Trinajstić information content (AvgIpc) is 2.70. The third-order valence-electron chi connectivity index (χ3n) is 7.02. The third-order valence-corrected chi connectivity index (χ3v) is 7.02. The Kier molecular flexibility index (Phi) is 5.33. The number of rotatable bonds is 2. The highest BCUT2D eigenvalue weighted by molar-refractivity contribution is 6.22. The number of aromatic hydroxyl groups is 1. The van der Waals surface area contributed by atoms with E-state index in [0.29, 0.717) is 29.5 Å². The number of nitrogens with two attached hydrogens (primary N) is 1. The Balaban J connectivity index is 1.94. The van der Waals surface area contributed by atoms with Gasteiger partial charge in [-0.3, -0.25) is 19.3 Å². The zero-order chi connectivity index (χ0) is 24.4. The molecule has 0 saturated carbocycles. The topological polar surface area (TPSA) is 141 Å². The number of aryl methyl sites for hydroxylation is 1. The van der Waals surface area contributed by atoms with E-state index in [4.69, 9.17) is 5.73 Å². The highest BCUT2D eigenvalue weighted by Crippen LogP contribution is 2.50. The molecule has 5 N–H and O–H groups in total. The number of Topliss-reactive ketones (excluding diaryl/α,β-unsaturated/α-hetero) is 2. The number of allylic oxidation sites excluding steroid dienone is 2. The molecule has 4 rings (SSSR count). The Morgan fingerprint density at radius 2 is 1.85 bits per heavy atom.